The minimum atomic E-state index is 0.846. The SMILES string of the molecule is c1cc(-c2ccc3ccccc3c2)cc(-c2c3ccccc3c(-c3cc4c5ccccc5oc4c4c3oc3ccccc34)c3ccccc23)c1. The highest BCUT2D eigenvalue weighted by molar-refractivity contribution is 6.29. The van der Waals surface area contributed by atoms with Crippen molar-refractivity contribution in [3.8, 4) is 33.4 Å². The summed E-state index contributed by atoms with van der Waals surface area (Å²) in [6, 6.07) is 60.9. The summed E-state index contributed by atoms with van der Waals surface area (Å²) < 4.78 is 13.4. The number of rotatable bonds is 3. The molecule has 0 aliphatic rings. The number of para-hydroxylation sites is 2. The van der Waals surface area contributed by atoms with Gasteiger partial charge in [0, 0.05) is 27.3 Å². The smallest absolute Gasteiger partial charge is 0.147 e. The van der Waals surface area contributed by atoms with Gasteiger partial charge >= 0.3 is 0 Å². The third-order valence-corrected chi connectivity index (χ3v) is 10.4. The second-order valence-corrected chi connectivity index (χ2v) is 13.2. The van der Waals surface area contributed by atoms with Crippen LogP contribution in [0, 0.1) is 0 Å². The summed E-state index contributed by atoms with van der Waals surface area (Å²) in [4.78, 5) is 0. The highest BCUT2D eigenvalue weighted by atomic mass is 16.3. The van der Waals surface area contributed by atoms with Crippen LogP contribution in [0.3, 0.4) is 0 Å². The Bertz CT molecular complexity index is 3100. The minimum Gasteiger partial charge on any atom is -0.455 e. The van der Waals surface area contributed by atoms with E-state index in [1.165, 1.54) is 60.1 Å². The molecule has 2 heteroatoms. The van der Waals surface area contributed by atoms with E-state index in [0.29, 0.717) is 0 Å². The molecular weight excluding hydrogens is 609 g/mol. The van der Waals surface area contributed by atoms with Gasteiger partial charge in [-0.25, -0.2) is 0 Å². The Balaban J connectivity index is 1.24. The Morgan fingerprint density at radius 2 is 0.840 bits per heavy atom. The Hall–Kier alpha value is -6.64. The van der Waals surface area contributed by atoms with Crippen molar-refractivity contribution in [2.24, 2.45) is 0 Å². The average molecular weight is 637 g/mol. The van der Waals surface area contributed by atoms with Crippen LogP contribution in [0.15, 0.2) is 179 Å². The molecule has 0 spiro atoms. The van der Waals surface area contributed by atoms with Crippen molar-refractivity contribution in [2.75, 3.05) is 0 Å². The molecule has 0 atom stereocenters. The first-order valence-corrected chi connectivity index (χ1v) is 17.1. The number of benzene rings is 9. The fourth-order valence-electron chi connectivity index (χ4n) is 8.20. The average Bonchev–Trinajstić information content (AvgIpc) is 3.75. The van der Waals surface area contributed by atoms with Gasteiger partial charge in [0.25, 0.3) is 0 Å². The van der Waals surface area contributed by atoms with Crippen LogP contribution in [0.2, 0.25) is 0 Å². The summed E-state index contributed by atoms with van der Waals surface area (Å²) in [5.41, 5.74) is 10.5. The van der Waals surface area contributed by atoms with Crippen molar-refractivity contribution in [3.63, 3.8) is 0 Å². The Morgan fingerprint density at radius 1 is 0.300 bits per heavy atom. The first-order chi connectivity index (χ1) is 24.8. The summed E-state index contributed by atoms with van der Waals surface area (Å²) in [6.07, 6.45) is 0. The molecule has 0 radical (unpaired) electrons. The quantitative estimate of drug-likeness (QED) is 0.180. The van der Waals surface area contributed by atoms with E-state index in [2.05, 4.69) is 158 Å². The van der Waals surface area contributed by atoms with Crippen LogP contribution in [-0.4, -0.2) is 0 Å². The van der Waals surface area contributed by atoms with Gasteiger partial charge < -0.3 is 8.83 Å². The fraction of sp³-hybridized carbons (Fsp3) is 0. The third-order valence-electron chi connectivity index (χ3n) is 10.4. The lowest BCUT2D eigenvalue weighted by molar-refractivity contribution is 0.663. The minimum absolute atomic E-state index is 0.846. The van der Waals surface area contributed by atoms with Gasteiger partial charge in [-0.1, -0.05) is 140 Å². The summed E-state index contributed by atoms with van der Waals surface area (Å²) >= 11 is 0. The molecule has 0 amide bonds. The molecule has 2 aromatic heterocycles. The summed E-state index contributed by atoms with van der Waals surface area (Å²) in [5.74, 6) is 0. The maximum absolute atomic E-state index is 6.79. The number of hydrogen-bond donors (Lipinski definition) is 0. The van der Waals surface area contributed by atoms with Crippen LogP contribution in [0.5, 0.6) is 0 Å². The Morgan fingerprint density at radius 3 is 1.58 bits per heavy atom. The maximum atomic E-state index is 6.79. The van der Waals surface area contributed by atoms with E-state index in [1.807, 2.05) is 12.1 Å². The molecule has 11 rings (SSSR count). The molecule has 0 saturated carbocycles. The van der Waals surface area contributed by atoms with E-state index < -0.39 is 0 Å². The molecule has 0 bridgehead atoms. The van der Waals surface area contributed by atoms with Crippen molar-refractivity contribution in [2.45, 2.75) is 0 Å². The molecule has 2 heterocycles. The van der Waals surface area contributed by atoms with Gasteiger partial charge in [-0.3, -0.25) is 0 Å². The second kappa shape index (κ2) is 10.4. The normalized spacial score (nSPS) is 12.0. The zero-order chi connectivity index (χ0) is 32.8. The van der Waals surface area contributed by atoms with Crippen LogP contribution in [0.1, 0.15) is 0 Å². The van der Waals surface area contributed by atoms with Crippen LogP contribution in [0.4, 0.5) is 0 Å². The van der Waals surface area contributed by atoms with Crippen LogP contribution >= 0.6 is 0 Å². The van der Waals surface area contributed by atoms with Crippen molar-refractivity contribution < 1.29 is 8.83 Å². The van der Waals surface area contributed by atoms with Gasteiger partial charge in [0.15, 0.2) is 0 Å². The number of fused-ring (bicyclic) bond motifs is 10. The fourth-order valence-corrected chi connectivity index (χ4v) is 8.20. The zero-order valence-corrected chi connectivity index (χ0v) is 27.0. The molecule has 0 saturated heterocycles. The zero-order valence-electron chi connectivity index (χ0n) is 27.0. The van der Waals surface area contributed by atoms with Crippen molar-refractivity contribution in [3.05, 3.63) is 170 Å². The lowest BCUT2D eigenvalue weighted by Crippen LogP contribution is -1.92. The second-order valence-electron chi connectivity index (χ2n) is 13.2. The van der Waals surface area contributed by atoms with E-state index in [4.69, 9.17) is 8.83 Å². The Kier molecular flexibility index (Phi) is 5.70. The van der Waals surface area contributed by atoms with Gasteiger partial charge in [0.1, 0.15) is 22.3 Å². The molecule has 2 nitrogen and oxygen atoms in total. The van der Waals surface area contributed by atoms with Crippen molar-refractivity contribution in [1.82, 2.24) is 0 Å². The molecule has 232 valence electrons. The number of furan rings is 2. The predicted molar refractivity (Wildman–Crippen MR) is 210 cm³/mol. The summed E-state index contributed by atoms with van der Waals surface area (Å²) in [5, 5.41) is 11.6. The van der Waals surface area contributed by atoms with Gasteiger partial charge in [-0.15, -0.1) is 0 Å². The van der Waals surface area contributed by atoms with Crippen LogP contribution in [0.25, 0.3) is 110 Å². The van der Waals surface area contributed by atoms with Crippen LogP contribution in [-0.2, 0) is 0 Å². The monoisotopic (exact) mass is 636 g/mol. The van der Waals surface area contributed by atoms with Crippen molar-refractivity contribution in [1.29, 1.82) is 0 Å². The van der Waals surface area contributed by atoms with Gasteiger partial charge in [0.05, 0.1) is 5.39 Å². The molecular formula is C48H28O2. The summed E-state index contributed by atoms with van der Waals surface area (Å²) in [6.45, 7) is 0. The molecule has 11 aromatic rings. The number of hydrogen-bond acceptors (Lipinski definition) is 2. The molecule has 0 unspecified atom stereocenters. The van der Waals surface area contributed by atoms with Gasteiger partial charge in [0.2, 0.25) is 0 Å². The van der Waals surface area contributed by atoms with E-state index in [9.17, 15) is 0 Å². The van der Waals surface area contributed by atoms with Crippen LogP contribution < -0.4 is 0 Å². The van der Waals surface area contributed by atoms with Crippen molar-refractivity contribution >= 4 is 76.2 Å². The lowest BCUT2D eigenvalue weighted by Gasteiger charge is -2.18. The first-order valence-electron chi connectivity index (χ1n) is 17.1. The molecule has 0 aliphatic heterocycles. The molecule has 50 heavy (non-hydrogen) atoms. The highest BCUT2D eigenvalue weighted by Crippen LogP contribution is 2.49. The van der Waals surface area contributed by atoms with Gasteiger partial charge in [-0.05, 0) is 84.9 Å². The third kappa shape index (κ3) is 3.90. The Labute approximate surface area is 287 Å². The standard InChI is InChI=1S/C48H28O2/c1-2-13-30-26-32(25-24-29(30)12-1)31-14-11-15-33(27-31)44-35-17-3-5-19-37(35)45(38-20-6-4-18-36(38)44)41-28-40-34-16-7-9-22-42(34)49-47(40)46-39-21-8-10-23-43(39)50-48(41)46/h1-28H. The molecule has 9 aromatic carbocycles. The van der Waals surface area contributed by atoms with Gasteiger partial charge in [-0.2, -0.15) is 0 Å². The first kappa shape index (κ1) is 27.3. The molecule has 0 aliphatic carbocycles. The lowest BCUT2D eigenvalue weighted by atomic mass is 9.84. The topological polar surface area (TPSA) is 26.3 Å². The van der Waals surface area contributed by atoms with E-state index >= 15 is 0 Å². The maximum Gasteiger partial charge on any atom is 0.147 e. The molecule has 0 N–H and O–H groups in total. The predicted octanol–water partition coefficient (Wildman–Crippen LogP) is 13.9. The van der Waals surface area contributed by atoms with E-state index in [0.717, 1.165) is 49.4 Å². The highest BCUT2D eigenvalue weighted by Gasteiger charge is 2.24. The summed E-state index contributed by atoms with van der Waals surface area (Å²) in [7, 11) is 0. The van der Waals surface area contributed by atoms with E-state index in [-0.39, 0.29) is 0 Å². The van der Waals surface area contributed by atoms with E-state index in [1.54, 1.807) is 0 Å². The largest absolute Gasteiger partial charge is 0.455 e. The molecule has 0 fully saturated rings.